The van der Waals surface area contributed by atoms with Crippen LogP contribution in [0.4, 0.5) is 0 Å². The minimum atomic E-state index is 0.430. The molecule has 3 heteroatoms. The van der Waals surface area contributed by atoms with Crippen molar-refractivity contribution in [3.63, 3.8) is 0 Å². The monoisotopic (exact) mass is 187 g/mol. The second-order valence-electron chi connectivity index (χ2n) is 2.97. The van der Waals surface area contributed by atoms with Crippen LogP contribution in [0, 0.1) is 11.3 Å². The highest BCUT2D eigenvalue weighted by atomic mass is 16.5. The first kappa shape index (κ1) is 8.79. The molecule has 0 spiro atoms. The third-order valence-corrected chi connectivity index (χ3v) is 2.02. The van der Waals surface area contributed by atoms with E-state index in [1.807, 2.05) is 12.1 Å². The van der Waals surface area contributed by atoms with E-state index in [-0.39, 0.29) is 0 Å². The Kier molecular flexibility index (Phi) is 2.21. The number of hydrogen-bond donors (Lipinski definition) is 0. The lowest BCUT2D eigenvalue weighted by Gasteiger charge is -1.90. The molecule has 0 bridgehead atoms. The summed E-state index contributed by atoms with van der Waals surface area (Å²) < 4.78 is 10.4. The van der Waals surface area contributed by atoms with Crippen molar-refractivity contribution in [2.45, 2.75) is 6.61 Å². The molecule has 0 atom stereocenters. The van der Waals surface area contributed by atoms with E-state index in [0.717, 1.165) is 16.7 Å². The molecule has 70 valence electrons. The average Bonchev–Trinajstić information content (AvgIpc) is 2.60. The highest BCUT2D eigenvalue weighted by molar-refractivity contribution is 5.84. The molecule has 0 amide bonds. The molecule has 1 aromatic carbocycles. The van der Waals surface area contributed by atoms with Crippen LogP contribution in [0.1, 0.15) is 11.3 Å². The number of nitrogens with zero attached hydrogens (tertiary/aromatic N) is 1. The summed E-state index contributed by atoms with van der Waals surface area (Å²) in [6.07, 6.45) is 0. The predicted octanol–water partition coefficient (Wildman–Crippen LogP) is 2.45. The molecule has 1 aromatic heterocycles. The molecule has 0 radical (unpaired) electrons. The fourth-order valence-electron chi connectivity index (χ4n) is 1.42. The smallest absolute Gasteiger partial charge is 0.135 e. The fourth-order valence-corrected chi connectivity index (χ4v) is 1.42. The number of ether oxygens (including phenoxy) is 1. The van der Waals surface area contributed by atoms with E-state index in [2.05, 4.69) is 6.07 Å². The zero-order valence-electron chi connectivity index (χ0n) is 7.78. The molecule has 2 aromatic rings. The van der Waals surface area contributed by atoms with Gasteiger partial charge in [0.05, 0.1) is 11.6 Å². The Bertz CT molecular complexity index is 493. The van der Waals surface area contributed by atoms with Crippen molar-refractivity contribution in [2.24, 2.45) is 0 Å². The lowest BCUT2D eigenvalue weighted by Crippen LogP contribution is -1.81. The van der Waals surface area contributed by atoms with Crippen molar-refractivity contribution in [1.82, 2.24) is 0 Å². The molecular weight excluding hydrogens is 178 g/mol. The molecule has 2 rings (SSSR count). The van der Waals surface area contributed by atoms with Gasteiger partial charge in [-0.05, 0) is 18.2 Å². The van der Waals surface area contributed by atoms with Crippen LogP contribution in [0.3, 0.4) is 0 Å². The van der Waals surface area contributed by atoms with Crippen LogP contribution in [-0.2, 0) is 11.3 Å². The number of hydrogen-bond acceptors (Lipinski definition) is 3. The lowest BCUT2D eigenvalue weighted by atomic mass is 10.1. The van der Waals surface area contributed by atoms with Crippen molar-refractivity contribution in [2.75, 3.05) is 7.11 Å². The van der Waals surface area contributed by atoms with Crippen LogP contribution in [0.15, 0.2) is 28.7 Å². The highest BCUT2D eigenvalue weighted by Crippen LogP contribution is 2.22. The number of furan rings is 1. The third kappa shape index (κ3) is 1.36. The fraction of sp³-hybridized carbons (Fsp3) is 0.182. The first-order valence-corrected chi connectivity index (χ1v) is 4.25. The molecule has 0 fully saturated rings. The molecule has 0 N–H and O–H groups in total. The summed E-state index contributed by atoms with van der Waals surface area (Å²) in [7, 11) is 1.61. The Morgan fingerprint density at radius 3 is 3.07 bits per heavy atom. The molecular formula is C11H9NO2. The first-order chi connectivity index (χ1) is 6.85. The highest BCUT2D eigenvalue weighted by Gasteiger charge is 2.06. The molecule has 0 aliphatic heterocycles. The summed E-state index contributed by atoms with van der Waals surface area (Å²) in [5.41, 5.74) is 1.37. The number of nitriles is 1. The second-order valence-corrected chi connectivity index (χ2v) is 2.97. The molecule has 1 heterocycles. The molecule has 0 saturated heterocycles. The van der Waals surface area contributed by atoms with Gasteiger partial charge in [0.1, 0.15) is 18.0 Å². The predicted molar refractivity (Wildman–Crippen MR) is 51.6 cm³/mol. The number of fused-ring (bicyclic) bond motifs is 1. The van der Waals surface area contributed by atoms with E-state index >= 15 is 0 Å². The molecule has 14 heavy (non-hydrogen) atoms. The van der Waals surface area contributed by atoms with Gasteiger partial charge >= 0.3 is 0 Å². The van der Waals surface area contributed by atoms with E-state index in [9.17, 15) is 0 Å². The normalized spacial score (nSPS) is 10.3. The quantitative estimate of drug-likeness (QED) is 0.725. The van der Waals surface area contributed by atoms with Crippen LogP contribution in [0.2, 0.25) is 0 Å². The summed E-state index contributed by atoms with van der Waals surface area (Å²) in [5, 5.41) is 9.70. The Morgan fingerprint density at radius 2 is 2.36 bits per heavy atom. The van der Waals surface area contributed by atoms with Crippen LogP contribution >= 0.6 is 0 Å². The first-order valence-electron chi connectivity index (χ1n) is 4.25. The second kappa shape index (κ2) is 3.52. The van der Waals surface area contributed by atoms with Crippen molar-refractivity contribution < 1.29 is 9.15 Å². The van der Waals surface area contributed by atoms with Gasteiger partial charge in [-0.15, -0.1) is 0 Å². The number of methoxy groups -OCH3 is 1. The van der Waals surface area contributed by atoms with Gasteiger partial charge in [0, 0.05) is 12.5 Å². The Morgan fingerprint density at radius 1 is 1.50 bits per heavy atom. The SMILES string of the molecule is COCc1cc2c(C#N)cccc2o1. The number of benzene rings is 1. The van der Waals surface area contributed by atoms with Crippen LogP contribution in [0.25, 0.3) is 11.0 Å². The van der Waals surface area contributed by atoms with Crippen molar-refractivity contribution in [3.05, 3.63) is 35.6 Å². The zero-order chi connectivity index (χ0) is 9.97. The Labute approximate surface area is 81.5 Å². The van der Waals surface area contributed by atoms with E-state index in [1.165, 1.54) is 0 Å². The van der Waals surface area contributed by atoms with Crippen molar-refractivity contribution >= 4 is 11.0 Å². The maximum absolute atomic E-state index is 8.85. The summed E-state index contributed by atoms with van der Waals surface area (Å²) >= 11 is 0. The van der Waals surface area contributed by atoms with Gasteiger partial charge in [0.15, 0.2) is 0 Å². The van der Waals surface area contributed by atoms with Gasteiger partial charge in [0.2, 0.25) is 0 Å². The van der Waals surface area contributed by atoms with Gasteiger partial charge in [-0.25, -0.2) is 0 Å². The molecule has 3 nitrogen and oxygen atoms in total. The van der Waals surface area contributed by atoms with Crippen LogP contribution in [-0.4, -0.2) is 7.11 Å². The van der Waals surface area contributed by atoms with Crippen LogP contribution in [0.5, 0.6) is 0 Å². The standard InChI is InChI=1S/C11H9NO2/c1-13-7-9-5-10-8(6-12)3-2-4-11(10)14-9/h2-5H,7H2,1H3. The van der Waals surface area contributed by atoms with Gasteiger partial charge < -0.3 is 9.15 Å². The molecule has 0 saturated carbocycles. The van der Waals surface area contributed by atoms with E-state index in [4.69, 9.17) is 14.4 Å². The van der Waals surface area contributed by atoms with Gasteiger partial charge in [-0.1, -0.05) is 6.07 Å². The molecule has 0 aliphatic carbocycles. The molecule has 0 aliphatic rings. The molecule has 0 unspecified atom stereocenters. The van der Waals surface area contributed by atoms with E-state index in [0.29, 0.717) is 12.2 Å². The summed E-state index contributed by atoms with van der Waals surface area (Å²) in [6.45, 7) is 0.430. The zero-order valence-corrected chi connectivity index (χ0v) is 7.78. The van der Waals surface area contributed by atoms with Gasteiger partial charge in [-0.2, -0.15) is 5.26 Å². The summed E-state index contributed by atoms with van der Waals surface area (Å²) in [5.74, 6) is 0.741. The Balaban J connectivity index is 2.60. The maximum atomic E-state index is 8.85. The van der Waals surface area contributed by atoms with E-state index < -0.39 is 0 Å². The van der Waals surface area contributed by atoms with Crippen molar-refractivity contribution in [3.8, 4) is 6.07 Å². The minimum absolute atomic E-state index is 0.430. The largest absolute Gasteiger partial charge is 0.459 e. The maximum Gasteiger partial charge on any atom is 0.135 e. The Hall–Kier alpha value is -1.79. The van der Waals surface area contributed by atoms with Crippen molar-refractivity contribution in [1.29, 1.82) is 5.26 Å². The topological polar surface area (TPSA) is 46.2 Å². The average molecular weight is 187 g/mol. The summed E-state index contributed by atoms with van der Waals surface area (Å²) in [6, 6.07) is 9.39. The third-order valence-electron chi connectivity index (χ3n) is 2.02. The number of rotatable bonds is 2. The van der Waals surface area contributed by atoms with Crippen LogP contribution < -0.4 is 0 Å². The van der Waals surface area contributed by atoms with Gasteiger partial charge in [0.25, 0.3) is 0 Å². The lowest BCUT2D eigenvalue weighted by molar-refractivity contribution is 0.166. The van der Waals surface area contributed by atoms with Gasteiger partial charge in [-0.3, -0.25) is 0 Å². The summed E-state index contributed by atoms with van der Waals surface area (Å²) in [4.78, 5) is 0. The van der Waals surface area contributed by atoms with E-state index in [1.54, 1.807) is 19.2 Å². The minimum Gasteiger partial charge on any atom is -0.459 e.